The molecule has 4 heteroatoms. The molecule has 0 saturated heterocycles. The summed E-state index contributed by atoms with van der Waals surface area (Å²) in [6, 6.07) is 0. The Hall–Kier alpha value is -1.06. The van der Waals surface area contributed by atoms with Gasteiger partial charge in [-0.25, -0.2) is 0 Å². The van der Waals surface area contributed by atoms with E-state index >= 15 is 0 Å². The number of rotatable bonds is 18. The van der Waals surface area contributed by atoms with Gasteiger partial charge >= 0.3 is 11.9 Å². The van der Waals surface area contributed by atoms with E-state index in [1.807, 2.05) is 0 Å². The summed E-state index contributed by atoms with van der Waals surface area (Å²) in [5.74, 6) is 0.0450. The lowest BCUT2D eigenvalue weighted by molar-refractivity contribution is -0.144. The quantitative estimate of drug-likeness (QED) is 0.237. The zero-order valence-corrected chi connectivity index (χ0v) is 16.6. The largest absolute Gasteiger partial charge is 0.481 e. The van der Waals surface area contributed by atoms with Crippen molar-refractivity contribution in [1.82, 2.24) is 0 Å². The highest BCUT2D eigenvalue weighted by molar-refractivity contribution is 5.69. The number of aliphatic carboxylic acids is 1. The van der Waals surface area contributed by atoms with E-state index in [-0.39, 0.29) is 5.97 Å². The number of carboxylic acids is 1. The highest BCUT2D eigenvalue weighted by Crippen LogP contribution is 2.12. The maximum atomic E-state index is 11.6. The molecule has 0 aliphatic rings. The summed E-state index contributed by atoms with van der Waals surface area (Å²) in [5, 5.41) is 8.54. The number of esters is 1. The monoisotopic (exact) mass is 356 g/mol. The second kappa shape index (κ2) is 17.8. The van der Waals surface area contributed by atoms with Gasteiger partial charge in [0, 0.05) is 12.8 Å². The van der Waals surface area contributed by atoms with Crippen molar-refractivity contribution in [2.24, 2.45) is 5.92 Å². The molecule has 0 fully saturated rings. The van der Waals surface area contributed by atoms with E-state index < -0.39 is 5.97 Å². The van der Waals surface area contributed by atoms with Crippen molar-refractivity contribution in [3.63, 3.8) is 0 Å². The summed E-state index contributed by atoms with van der Waals surface area (Å²) in [5.41, 5.74) is 0. The average Bonchev–Trinajstić information content (AvgIpc) is 2.55. The molecular formula is C21H40O4. The first kappa shape index (κ1) is 23.9. The van der Waals surface area contributed by atoms with E-state index in [9.17, 15) is 9.59 Å². The predicted molar refractivity (Wildman–Crippen MR) is 103 cm³/mol. The summed E-state index contributed by atoms with van der Waals surface area (Å²) in [6.07, 6.45) is 15.2. The van der Waals surface area contributed by atoms with Crippen LogP contribution in [0.2, 0.25) is 0 Å². The van der Waals surface area contributed by atoms with Crippen LogP contribution >= 0.6 is 0 Å². The van der Waals surface area contributed by atoms with E-state index in [4.69, 9.17) is 9.84 Å². The lowest BCUT2D eigenvalue weighted by Crippen LogP contribution is -2.05. The van der Waals surface area contributed by atoms with Gasteiger partial charge in [0.1, 0.15) is 0 Å². The number of carbonyl (C=O) groups excluding carboxylic acids is 1. The Morgan fingerprint density at radius 2 is 1.20 bits per heavy atom. The number of hydrogen-bond acceptors (Lipinski definition) is 3. The molecule has 0 aromatic carbocycles. The second-order valence-electron chi connectivity index (χ2n) is 7.54. The summed E-state index contributed by atoms with van der Waals surface area (Å²) < 4.78 is 5.27. The number of carboxylic acid groups (broad SMARTS) is 1. The van der Waals surface area contributed by atoms with Crippen molar-refractivity contribution < 1.29 is 19.4 Å². The minimum absolute atomic E-state index is 0.0455. The van der Waals surface area contributed by atoms with Crippen LogP contribution in [0.15, 0.2) is 0 Å². The molecule has 0 radical (unpaired) electrons. The van der Waals surface area contributed by atoms with E-state index in [1.54, 1.807) is 0 Å². The van der Waals surface area contributed by atoms with Crippen LogP contribution in [0.4, 0.5) is 0 Å². The van der Waals surface area contributed by atoms with Crippen molar-refractivity contribution in [2.45, 2.75) is 110 Å². The molecule has 0 amide bonds. The third kappa shape index (κ3) is 20.9. The molecule has 0 spiro atoms. The Morgan fingerprint density at radius 1 is 0.720 bits per heavy atom. The molecule has 0 heterocycles. The maximum absolute atomic E-state index is 11.6. The van der Waals surface area contributed by atoms with Gasteiger partial charge in [-0.05, 0) is 25.2 Å². The molecule has 0 aromatic rings. The molecule has 25 heavy (non-hydrogen) atoms. The average molecular weight is 357 g/mol. The van der Waals surface area contributed by atoms with Crippen molar-refractivity contribution in [1.29, 1.82) is 0 Å². The summed E-state index contributed by atoms with van der Waals surface area (Å²) in [6.45, 7) is 5.09. The van der Waals surface area contributed by atoms with Gasteiger partial charge in [-0.3, -0.25) is 9.59 Å². The van der Waals surface area contributed by atoms with Gasteiger partial charge in [-0.2, -0.15) is 0 Å². The molecule has 0 unspecified atom stereocenters. The first-order chi connectivity index (χ1) is 12.0. The number of ether oxygens (including phenoxy) is 1. The van der Waals surface area contributed by atoms with Crippen LogP contribution < -0.4 is 0 Å². The van der Waals surface area contributed by atoms with E-state index in [1.165, 1.54) is 32.1 Å². The zero-order chi connectivity index (χ0) is 18.8. The van der Waals surface area contributed by atoms with Crippen LogP contribution in [-0.4, -0.2) is 23.7 Å². The van der Waals surface area contributed by atoms with Crippen molar-refractivity contribution in [3.05, 3.63) is 0 Å². The molecule has 0 saturated carbocycles. The Balaban J connectivity index is 3.19. The van der Waals surface area contributed by atoms with Gasteiger partial charge in [0.25, 0.3) is 0 Å². The van der Waals surface area contributed by atoms with Gasteiger partial charge in [0.05, 0.1) is 6.61 Å². The smallest absolute Gasteiger partial charge is 0.305 e. The second-order valence-corrected chi connectivity index (χ2v) is 7.54. The van der Waals surface area contributed by atoms with E-state index in [0.29, 0.717) is 19.4 Å². The Bertz CT molecular complexity index is 326. The standard InChI is InChI=1S/C21H40O4/c1-19(2)15-11-9-10-14-18-25-21(24)17-13-8-6-4-3-5-7-12-16-20(22)23/h19H,3-18H2,1-2H3,(H,22,23). The van der Waals surface area contributed by atoms with Crippen LogP contribution in [0.1, 0.15) is 110 Å². The fourth-order valence-corrected chi connectivity index (χ4v) is 2.87. The molecule has 0 aliphatic carbocycles. The van der Waals surface area contributed by atoms with E-state index in [2.05, 4.69) is 13.8 Å². The molecule has 0 atom stereocenters. The molecule has 0 aromatic heterocycles. The number of hydrogen-bond donors (Lipinski definition) is 1. The molecular weight excluding hydrogens is 316 g/mol. The van der Waals surface area contributed by atoms with Gasteiger partial charge in [0.2, 0.25) is 0 Å². The topological polar surface area (TPSA) is 63.6 Å². The zero-order valence-electron chi connectivity index (χ0n) is 16.6. The first-order valence-corrected chi connectivity index (χ1v) is 10.4. The van der Waals surface area contributed by atoms with Gasteiger partial charge in [0.15, 0.2) is 0 Å². The summed E-state index contributed by atoms with van der Waals surface area (Å²) in [7, 11) is 0. The third-order valence-corrected chi connectivity index (χ3v) is 4.46. The van der Waals surface area contributed by atoms with Gasteiger partial charge in [-0.1, -0.05) is 78.1 Å². The van der Waals surface area contributed by atoms with Crippen molar-refractivity contribution >= 4 is 11.9 Å². The maximum Gasteiger partial charge on any atom is 0.305 e. The lowest BCUT2D eigenvalue weighted by Gasteiger charge is -2.06. The Kier molecular flexibility index (Phi) is 17.0. The molecule has 0 aliphatic heterocycles. The fraction of sp³-hybridized carbons (Fsp3) is 0.905. The normalized spacial score (nSPS) is 11.0. The predicted octanol–water partition coefficient (Wildman–Crippen LogP) is 6.12. The minimum Gasteiger partial charge on any atom is -0.481 e. The molecule has 1 N–H and O–H groups in total. The van der Waals surface area contributed by atoms with Crippen LogP contribution in [0.3, 0.4) is 0 Å². The van der Waals surface area contributed by atoms with Crippen molar-refractivity contribution in [2.75, 3.05) is 6.61 Å². The van der Waals surface area contributed by atoms with Gasteiger partial charge in [-0.15, -0.1) is 0 Å². The highest BCUT2D eigenvalue weighted by atomic mass is 16.5. The van der Waals surface area contributed by atoms with E-state index in [0.717, 1.165) is 57.3 Å². The Labute approximate surface area is 154 Å². The SMILES string of the molecule is CC(C)CCCCCCOC(=O)CCCCCCCCCCC(=O)O. The third-order valence-electron chi connectivity index (χ3n) is 4.46. The number of carbonyl (C=O) groups is 2. The molecule has 148 valence electrons. The fourth-order valence-electron chi connectivity index (χ4n) is 2.87. The number of unbranched alkanes of at least 4 members (excludes halogenated alkanes) is 10. The Morgan fingerprint density at radius 3 is 1.76 bits per heavy atom. The summed E-state index contributed by atoms with van der Waals surface area (Å²) in [4.78, 5) is 22.0. The van der Waals surface area contributed by atoms with Crippen LogP contribution in [-0.2, 0) is 14.3 Å². The van der Waals surface area contributed by atoms with Crippen LogP contribution in [0.5, 0.6) is 0 Å². The molecule has 4 nitrogen and oxygen atoms in total. The van der Waals surface area contributed by atoms with Crippen LogP contribution in [0.25, 0.3) is 0 Å². The highest BCUT2D eigenvalue weighted by Gasteiger charge is 2.03. The molecule has 0 rings (SSSR count). The lowest BCUT2D eigenvalue weighted by atomic mass is 10.0. The summed E-state index contributed by atoms with van der Waals surface area (Å²) >= 11 is 0. The van der Waals surface area contributed by atoms with Crippen LogP contribution in [0, 0.1) is 5.92 Å². The van der Waals surface area contributed by atoms with Crippen molar-refractivity contribution in [3.8, 4) is 0 Å². The minimum atomic E-state index is -0.696. The first-order valence-electron chi connectivity index (χ1n) is 10.4. The molecule has 0 bridgehead atoms. The van der Waals surface area contributed by atoms with Gasteiger partial charge < -0.3 is 9.84 Å².